The highest BCUT2D eigenvalue weighted by atomic mass is 19.1. The van der Waals surface area contributed by atoms with E-state index in [2.05, 4.69) is 10.3 Å². The summed E-state index contributed by atoms with van der Waals surface area (Å²) in [7, 11) is 0. The molecule has 9 heteroatoms. The van der Waals surface area contributed by atoms with E-state index in [0.29, 0.717) is 12.1 Å². The van der Waals surface area contributed by atoms with Gasteiger partial charge < -0.3 is 14.6 Å². The van der Waals surface area contributed by atoms with E-state index in [1.54, 1.807) is 12.4 Å². The number of halogens is 2. The van der Waals surface area contributed by atoms with E-state index in [-0.39, 0.29) is 30.2 Å². The molecule has 0 spiro atoms. The molecule has 28 heavy (non-hydrogen) atoms. The molecule has 2 aliphatic heterocycles. The molecule has 1 fully saturated rings. The number of rotatable bonds is 4. The van der Waals surface area contributed by atoms with Gasteiger partial charge in [0.25, 0.3) is 0 Å². The summed E-state index contributed by atoms with van der Waals surface area (Å²) in [6.45, 7) is 3.74. The predicted molar refractivity (Wildman–Crippen MR) is 97.5 cm³/mol. The Morgan fingerprint density at radius 3 is 2.71 bits per heavy atom. The van der Waals surface area contributed by atoms with Gasteiger partial charge in [0.1, 0.15) is 17.7 Å². The second-order valence-corrected chi connectivity index (χ2v) is 6.85. The van der Waals surface area contributed by atoms with Gasteiger partial charge in [0.15, 0.2) is 0 Å². The van der Waals surface area contributed by atoms with Crippen LogP contribution in [0.25, 0.3) is 11.6 Å². The SMILES string of the molecule is CC(=O)NC[C@H]1CN(c2cc(F)c(C3=Cc4c(C)ncn4C3)c(F)c2)C(=O)O1. The molecule has 0 aliphatic carbocycles. The van der Waals surface area contributed by atoms with Crippen LogP contribution in [0.15, 0.2) is 18.5 Å². The van der Waals surface area contributed by atoms with E-state index in [1.165, 1.54) is 6.92 Å². The molecule has 1 atom stereocenters. The lowest BCUT2D eigenvalue weighted by molar-refractivity contribution is -0.119. The smallest absolute Gasteiger partial charge is 0.414 e. The van der Waals surface area contributed by atoms with Crippen molar-refractivity contribution in [2.45, 2.75) is 26.5 Å². The van der Waals surface area contributed by atoms with Crippen molar-refractivity contribution in [2.24, 2.45) is 0 Å². The summed E-state index contributed by atoms with van der Waals surface area (Å²) < 4.78 is 36.5. The fourth-order valence-electron chi connectivity index (χ4n) is 3.47. The maximum atomic E-state index is 14.8. The van der Waals surface area contributed by atoms with Crippen LogP contribution in [-0.4, -0.2) is 40.7 Å². The zero-order valence-corrected chi connectivity index (χ0v) is 15.3. The summed E-state index contributed by atoms with van der Waals surface area (Å²) >= 11 is 0. The van der Waals surface area contributed by atoms with Gasteiger partial charge in [-0.2, -0.15) is 0 Å². The molecule has 146 valence electrons. The number of imidazole rings is 1. The first-order valence-corrected chi connectivity index (χ1v) is 8.77. The molecule has 0 radical (unpaired) electrons. The average Bonchev–Trinajstić information content (AvgIpc) is 3.29. The Balaban J connectivity index is 1.58. The first-order chi connectivity index (χ1) is 13.3. The number of fused-ring (bicyclic) bond motifs is 1. The highest BCUT2D eigenvalue weighted by Gasteiger charge is 2.33. The van der Waals surface area contributed by atoms with Crippen molar-refractivity contribution < 1.29 is 23.1 Å². The second-order valence-electron chi connectivity index (χ2n) is 6.85. The molecule has 1 aromatic heterocycles. The van der Waals surface area contributed by atoms with Crippen LogP contribution in [0.2, 0.25) is 0 Å². The predicted octanol–water partition coefficient (Wildman–Crippen LogP) is 2.49. The fraction of sp³-hybridized carbons (Fsp3) is 0.316. The monoisotopic (exact) mass is 388 g/mol. The largest absolute Gasteiger partial charge is 0.442 e. The van der Waals surface area contributed by atoms with Crippen molar-refractivity contribution in [3.8, 4) is 0 Å². The molecule has 0 unspecified atom stereocenters. The topological polar surface area (TPSA) is 76.5 Å². The van der Waals surface area contributed by atoms with Gasteiger partial charge in [-0.3, -0.25) is 9.69 Å². The minimum atomic E-state index is -0.754. The van der Waals surface area contributed by atoms with E-state index >= 15 is 0 Å². The number of ether oxygens (including phenoxy) is 1. The molecule has 2 aliphatic rings. The number of cyclic esters (lactones) is 1. The third-order valence-corrected chi connectivity index (χ3v) is 4.83. The standard InChI is InChI=1S/C19H18F2N4O3/c1-10-17-3-12(7-24(17)9-23-10)18-15(20)4-13(5-16(18)21)25-8-14(28-19(25)27)6-22-11(2)26/h3-5,9,14H,6-8H2,1-2H3,(H,22,26)/t14-/m0/s1. The maximum absolute atomic E-state index is 14.8. The van der Waals surface area contributed by atoms with Gasteiger partial charge in [0, 0.05) is 13.5 Å². The van der Waals surface area contributed by atoms with E-state index in [1.807, 2.05) is 11.5 Å². The molecule has 2 amide bonds. The highest BCUT2D eigenvalue weighted by Crippen LogP contribution is 2.34. The molecular formula is C19H18F2N4O3. The Bertz CT molecular complexity index is 992. The molecule has 2 aromatic rings. The Labute approximate surface area is 159 Å². The number of aryl methyl sites for hydroxylation is 1. The minimum absolute atomic E-state index is 0.0742. The van der Waals surface area contributed by atoms with Crippen LogP contribution in [0.5, 0.6) is 0 Å². The molecule has 0 bridgehead atoms. The number of carbonyl (C=O) groups is 2. The lowest BCUT2D eigenvalue weighted by atomic mass is 10.0. The van der Waals surface area contributed by atoms with Gasteiger partial charge in [-0.25, -0.2) is 18.6 Å². The summed E-state index contributed by atoms with van der Waals surface area (Å²) in [5, 5.41) is 2.55. The normalized spacial score (nSPS) is 18.1. The van der Waals surface area contributed by atoms with Crippen molar-refractivity contribution in [1.82, 2.24) is 14.9 Å². The van der Waals surface area contributed by atoms with Crippen LogP contribution in [0.3, 0.4) is 0 Å². The number of amides is 2. The van der Waals surface area contributed by atoms with Crippen molar-refractivity contribution in [1.29, 1.82) is 0 Å². The Morgan fingerprint density at radius 2 is 2.07 bits per heavy atom. The third-order valence-electron chi connectivity index (χ3n) is 4.83. The van der Waals surface area contributed by atoms with Gasteiger partial charge in [-0.05, 0) is 30.7 Å². The maximum Gasteiger partial charge on any atom is 0.414 e. The number of hydrogen-bond donors (Lipinski definition) is 1. The van der Waals surface area contributed by atoms with Crippen molar-refractivity contribution >= 4 is 29.3 Å². The zero-order valence-electron chi connectivity index (χ0n) is 15.3. The molecule has 3 heterocycles. The molecule has 1 N–H and O–H groups in total. The number of nitrogens with one attached hydrogen (secondary N) is 1. The average molecular weight is 388 g/mol. The molecular weight excluding hydrogens is 370 g/mol. The summed E-state index contributed by atoms with van der Waals surface area (Å²) in [6, 6.07) is 2.25. The van der Waals surface area contributed by atoms with E-state index < -0.39 is 23.8 Å². The van der Waals surface area contributed by atoms with Gasteiger partial charge in [-0.1, -0.05) is 0 Å². The Hall–Kier alpha value is -3.23. The number of carbonyl (C=O) groups excluding carboxylic acids is 2. The Kier molecular flexibility index (Phi) is 4.37. The van der Waals surface area contributed by atoms with Gasteiger partial charge in [-0.15, -0.1) is 0 Å². The van der Waals surface area contributed by atoms with Crippen molar-refractivity contribution in [3.63, 3.8) is 0 Å². The lowest BCUT2D eigenvalue weighted by Crippen LogP contribution is -2.33. The van der Waals surface area contributed by atoms with Crippen molar-refractivity contribution in [3.05, 3.63) is 47.0 Å². The van der Waals surface area contributed by atoms with Crippen LogP contribution in [0, 0.1) is 18.6 Å². The molecule has 7 nitrogen and oxygen atoms in total. The summed E-state index contributed by atoms with van der Waals surface area (Å²) in [4.78, 5) is 28.4. The van der Waals surface area contributed by atoms with Crippen LogP contribution < -0.4 is 10.2 Å². The van der Waals surface area contributed by atoms with Crippen molar-refractivity contribution in [2.75, 3.05) is 18.0 Å². The second kappa shape index (κ2) is 6.74. The summed E-state index contributed by atoms with van der Waals surface area (Å²) in [5.74, 6) is -1.76. The number of hydrogen-bond acceptors (Lipinski definition) is 4. The zero-order chi connectivity index (χ0) is 20.0. The van der Waals surface area contributed by atoms with E-state index in [0.717, 1.165) is 28.4 Å². The van der Waals surface area contributed by atoms with E-state index in [9.17, 15) is 18.4 Å². The number of anilines is 1. The lowest BCUT2D eigenvalue weighted by Gasteiger charge is -2.15. The summed E-state index contributed by atoms with van der Waals surface area (Å²) in [5.41, 5.74) is 2.08. The number of allylic oxidation sites excluding steroid dienone is 1. The molecule has 4 rings (SSSR count). The molecule has 1 saturated heterocycles. The quantitative estimate of drug-likeness (QED) is 0.873. The Morgan fingerprint density at radius 1 is 1.36 bits per heavy atom. The first-order valence-electron chi connectivity index (χ1n) is 8.77. The van der Waals surface area contributed by atoms with Gasteiger partial charge >= 0.3 is 6.09 Å². The number of nitrogens with zero attached hydrogens (tertiary/aromatic N) is 3. The van der Waals surface area contributed by atoms with Crippen LogP contribution >= 0.6 is 0 Å². The van der Waals surface area contributed by atoms with E-state index in [4.69, 9.17) is 4.74 Å². The molecule has 0 saturated carbocycles. The van der Waals surface area contributed by atoms with Crippen LogP contribution in [0.4, 0.5) is 19.3 Å². The minimum Gasteiger partial charge on any atom is -0.442 e. The first kappa shape index (κ1) is 18.1. The number of aromatic nitrogens is 2. The fourth-order valence-corrected chi connectivity index (χ4v) is 3.47. The molecule has 1 aromatic carbocycles. The summed E-state index contributed by atoms with van der Waals surface area (Å²) in [6.07, 6.45) is 2.06. The highest BCUT2D eigenvalue weighted by molar-refractivity contribution is 5.91. The number of benzene rings is 1. The third kappa shape index (κ3) is 3.12. The van der Waals surface area contributed by atoms with Crippen LogP contribution in [0.1, 0.15) is 23.9 Å². The van der Waals surface area contributed by atoms with Crippen LogP contribution in [-0.2, 0) is 16.1 Å². The van der Waals surface area contributed by atoms with Gasteiger partial charge in [0.2, 0.25) is 5.91 Å². The van der Waals surface area contributed by atoms with Gasteiger partial charge in [0.05, 0.1) is 42.1 Å².